The van der Waals surface area contributed by atoms with Gasteiger partial charge in [-0.05, 0) is 55.6 Å². The summed E-state index contributed by atoms with van der Waals surface area (Å²) in [4.78, 5) is 13.6. The van der Waals surface area contributed by atoms with Gasteiger partial charge in [0.1, 0.15) is 11.5 Å². The van der Waals surface area contributed by atoms with Crippen LogP contribution < -0.4 is 10.6 Å². The summed E-state index contributed by atoms with van der Waals surface area (Å²) in [5.41, 5.74) is 1.28. The summed E-state index contributed by atoms with van der Waals surface area (Å²) in [7, 11) is 0. The lowest BCUT2D eigenvalue weighted by Gasteiger charge is -2.25. The van der Waals surface area contributed by atoms with E-state index in [1.54, 1.807) is 23.9 Å². The molecule has 1 saturated heterocycles. The van der Waals surface area contributed by atoms with E-state index in [-0.39, 0.29) is 17.8 Å². The number of carbonyl (C=O) groups is 1. The molecule has 5 nitrogen and oxygen atoms in total. The highest BCUT2D eigenvalue weighted by atomic mass is 32.2. The van der Waals surface area contributed by atoms with E-state index < -0.39 is 0 Å². The van der Waals surface area contributed by atoms with E-state index in [1.807, 2.05) is 10.9 Å². The van der Waals surface area contributed by atoms with Gasteiger partial charge in [0.25, 0.3) is 5.91 Å². The molecule has 25 heavy (non-hydrogen) atoms. The molecule has 0 bridgehead atoms. The number of carbonyl (C=O) groups excluding carboxylic acids is 1. The molecule has 4 rings (SSSR count). The van der Waals surface area contributed by atoms with Crippen LogP contribution >= 0.6 is 11.8 Å². The molecular formula is C18H21FN4OS. The zero-order valence-electron chi connectivity index (χ0n) is 13.9. The van der Waals surface area contributed by atoms with E-state index in [0.29, 0.717) is 11.7 Å². The number of hydrogen-bond acceptors (Lipinski definition) is 4. The lowest BCUT2D eigenvalue weighted by atomic mass is 10.0. The Balaban J connectivity index is 1.48. The third-order valence-corrected chi connectivity index (χ3v) is 5.93. The van der Waals surface area contributed by atoms with Gasteiger partial charge in [0, 0.05) is 23.4 Å². The van der Waals surface area contributed by atoms with Crippen LogP contribution in [0.4, 0.5) is 4.39 Å². The van der Waals surface area contributed by atoms with E-state index in [0.717, 1.165) is 48.6 Å². The largest absolute Gasteiger partial charge is 0.344 e. The second-order valence-electron chi connectivity index (χ2n) is 6.53. The maximum Gasteiger partial charge on any atom is 0.272 e. The molecule has 1 aromatic carbocycles. The van der Waals surface area contributed by atoms with E-state index in [1.165, 1.54) is 12.1 Å². The number of aromatic nitrogens is 2. The molecule has 2 unspecified atom stereocenters. The van der Waals surface area contributed by atoms with E-state index in [2.05, 4.69) is 15.7 Å². The highest BCUT2D eigenvalue weighted by molar-refractivity contribution is 7.99. The number of nitrogens with zero attached hydrogens (tertiary/aromatic N) is 2. The quantitative estimate of drug-likeness (QED) is 0.884. The molecule has 0 saturated carbocycles. The standard InChI is InChI=1S/C18H21FN4OS/c19-12-3-4-17-14(10-12)15(6-9-25-17)21-18(24)16-5-8-23(22-16)13-2-1-7-20-11-13/h3-5,8,10,13,15,20H,1-2,6-7,9,11H2,(H,21,24). The van der Waals surface area contributed by atoms with Gasteiger partial charge in [0.2, 0.25) is 0 Å². The van der Waals surface area contributed by atoms with Crippen molar-refractivity contribution in [3.8, 4) is 0 Å². The molecule has 132 valence electrons. The zero-order chi connectivity index (χ0) is 17.2. The van der Waals surface area contributed by atoms with Crippen molar-refractivity contribution in [2.24, 2.45) is 0 Å². The Labute approximate surface area is 150 Å². The Morgan fingerprint density at radius 3 is 3.12 bits per heavy atom. The maximum atomic E-state index is 13.6. The molecule has 1 amide bonds. The van der Waals surface area contributed by atoms with Crippen molar-refractivity contribution in [3.63, 3.8) is 0 Å². The summed E-state index contributed by atoms with van der Waals surface area (Å²) in [6.45, 7) is 1.93. The molecule has 2 atom stereocenters. The van der Waals surface area contributed by atoms with Crippen LogP contribution in [0.15, 0.2) is 35.4 Å². The number of thioether (sulfide) groups is 1. The van der Waals surface area contributed by atoms with Gasteiger partial charge in [-0.25, -0.2) is 4.39 Å². The highest BCUT2D eigenvalue weighted by Crippen LogP contribution is 2.36. The van der Waals surface area contributed by atoms with Gasteiger partial charge in [0.05, 0.1) is 12.1 Å². The van der Waals surface area contributed by atoms with Crippen LogP contribution in [0.2, 0.25) is 0 Å². The Kier molecular flexibility index (Phi) is 4.76. The van der Waals surface area contributed by atoms with E-state index >= 15 is 0 Å². The van der Waals surface area contributed by atoms with Crippen LogP contribution in [0.1, 0.15) is 47.4 Å². The van der Waals surface area contributed by atoms with Crippen molar-refractivity contribution in [1.29, 1.82) is 0 Å². The number of nitrogens with one attached hydrogen (secondary N) is 2. The smallest absolute Gasteiger partial charge is 0.272 e. The van der Waals surface area contributed by atoms with Gasteiger partial charge in [0.15, 0.2) is 0 Å². The van der Waals surface area contributed by atoms with E-state index in [9.17, 15) is 9.18 Å². The molecule has 3 heterocycles. The maximum absolute atomic E-state index is 13.6. The summed E-state index contributed by atoms with van der Waals surface area (Å²) >= 11 is 1.70. The second-order valence-corrected chi connectivity index (χ2v) is 7.66. The van der Waals surface area contributed by atoms with Crippen LogP contribution in [0.3, 0.4) is 0 Å². The van der Waals surface area contributed by atoms with Crippen LogP contribution in [0.25, 0.3) is 0 Å². The van der Waals surface area contributed by atoms with Crippen molar-refractivity contribution in [2.75, 3.05) is 18.8 Å². The van der Waals surface area contributed by atoms with Gasteiger partial charge < -0.3 is 10.6 Å². The average molecular weight is 360 g/mol. The van der Waals surface area contributed by atoms with Crippen molar-refractivity contribution in [1.82, 2.24) is 20.4 Å². The molecule has 2 aliphatic rings. The zero-order valence-corrected chi connectivity index (χ0v) is 14.7. The third-order valence-electron chi connectivity index (χ3n) is 4.80. The normalized spacial score (nSPS) is 23.1. The molecule has 0 radical (unpaired) electrons. The summed E-state index contributed by atoms with van der Waals surface area (Å²) in [6.07, 6.45) is 4.85. The lowest BCUT2D eigenvalue weighted by molar-refractivity contribution is 0.0928. The van der Waals surface area contributed by atoms with Gasteiger partial charge in [-0.2, -0.15) is 5.10 Å². The van der Waals surface area contributed by atoms with Crippen LogP contribution in [-0.4, -0.2) is 34.5 Å². The highest BCUT2D eigenvalue weighted by Gasteiger charge is 2.25. The molecule has 2 aromatic rings. The second kappa shape index (κ2) is 7.17. The first-order valence-corrected chi connectivity index (χ1v) is 9.68. The van der Waals surface area contributed by atoms with Gasteiger partial charge in [-0.1, -0.05) is 0 Å². The lowest BCUT2D eigenvalue weighted by Crippen LogP contribution is -2.33. The van der Waals surface area contributed by atoms with Gasteiger partial charge in [-0.15, -0.1) is 11.8 Å². The molecule has 2 N–H and O–H groups in total. The third kappa shape index (κ3) is 3.57. The predicted octanol–water partition coefficient (Wildman–Crippen LogP) is 2.91. The van der Waals surface area contributed by atoms with Crippen molar-refractivity contribution in [3.05, 3.63) is 47.5 Å². The number of amides is 1. The molecule has 7 heteroatoms. The van der Waals surface area contributed by atoms with Crippen molar-refractivity contribution in [2.45, 2.75) is 36.2 Å². The number of benzene rings is 1. The molecule has 1 aromatic heterocycles. The minimum Gasteiger partial charge on any atom is -0.344 e. The summed E-state index contributed by atoms with van der Waals surface area (Å²) in [5, 5.41) is 10.8. The monoisotopic (exact) mass is 360 g/mol. The molecule has 1 fully saturated rings. The first-order chi connectivity index (χ1) is 12.2. The number of rotatable bonds is 3. The molecule has 0 spiro atoms. The fourth-order valence-electron chi connectivity index (χ4n) is 3.47. The predicted molar refractivity (Wildman–Crippen MR) is 95.3 cm³/mol. The SMILES string of the molecule is O=C(NC1CCSc2ccc(F)cc21)c1ccn(C2CCCNC2)n1. The van der Waals surface area contributed by atoms with Crippen molar-refractivity contribution < 1.29 is 9.18 Å². The molecule has 0 aliphatic carbocycles. The number of piperidine rings is 1. The minimum absolute atomic E-state index is 0.166. The topological polar surface area (TPSA) is 59.0 Å². The fraction of sp³-hybridized carbons (Fsp3) is 0.444. The van der Waals surface area contributed by atoms with Crippen LogP contribution in [0, 0.1) is 5.82 Å². The Morgan fingerprint density at radius 2 is 2.28 bits per heavy atom. The van der Waals surface area contributed by atoms with Crippen molar-refractivity contribution >= 4 is 17.7 Å². The van der Waals surface area contributed by atoms with Crippen LogP contribution in [-0.2, 0) is 0 Å². The molecule has 2 aliphatic heterocycles. The van der Waals surface area contributed by atoms with Crippen LogP contribution in [0.5, 0.6) is 0 Å². The van der Waals surface area contributed by atoms with E-state index in [4.69, 9.17) is 0 Å². The number of hydrogen-bond donors (Lipinski definition) is 2. The number of halogens is 1. The number of fused-ring (bicyclic) bond motifs is 1. The first-order valence-electron chi connectivity index (χ1n) is 8.70. The Hall–Kier alpha value is -1.86. The molecular weight excluding hydrogens is 339 g/mol. The summed E-state index contributed by atoms with van der Waals surface area (Å²) < 4.78 is 15.5. The Bertz CT molecular complexity index is 772. The fourth-order valence-corrected chi connectivity index (χ4v) is 4.57. The average Bonchev–Trinajstić information content (AvgIpc) is 3.13. The van der Waals surface area contributed by atoms with Gasteiger partial charge >= 0.3 is 0 Å². The summed E-state index contributed by atoms with van der Waals surface area (Å²) in [6, 6.07) is 6.68. The minimum atomic E-state index is -0.269. The first kappa shape index (κ1) is 16.6. The van der Waals surface area contributed by atoms with Gasteiger partial charge in [-0.3, -0.25) is 9.48 Å². The summed E-state index contributed by atoms with van der Waals surface area (Å²) in [5.74, 6) is 0.440. The Morgan fingerprint density at radius 1 is 1.36 bits per heavy atom.